The van der Waals surface area contributed by atoms with Gasteiger partial charge in [-0.1, -0.05) is 12.1 Å². The maximum absolute atomic E-state index is 12.2. The summed E-state index contributed by atoms with van der Waals surface area (Å²) in [6.45, 7) is 8.46. The molecule has 3 rings (SSSR count). The van der Waals surface area contributed by atoms with Crippen LogP contribution >= 0.6 is 0 Å². The maximum atomic E-state index is 12.2. The first-order chi connectivity index (χ1) is 11.3. The van der Waals surface area contributed by atoms with Crippen molar-refractivity contribution in [3.05, 3.63) is 36.4 Å². The third-order valence-corrected chi connectivity index (χ3v) is 4.11. The van der Waals surface area contributed by atoms with Crippen LogP contribution in [-0.2, 0) is 4.74 Å². The van der Waals surface area contributed by atoms with Crippen LogP contribution in [0.25, 0.3) is 10.8 Å². The summed E-state index contributed by atoms with van der Waals surface area (Å²) in [5.41, 5.74) is 0.669. The zero-order valence-electron chi connectivity index (χ0n) is 14.5. The van der Waals surface area contributed by atoms with Crippen molar-refractivity contribution in [1.82, 2.24) is 4.90 Å². The lowest BCUT2D eigenvalue weighted by molar-refractivity contribution is 0.0240. The van der Waals surface area contributed by atoms with Crippen LogP contribution in [0.15, 0.2) is 36.4 Å². The smallest absolute Gasteiger partial charge is 0.410 e. The molecule has 2 aromatic carbocycles. The van der Waals surface area contributed by atoms with E-state index in [0.717, 1.165) is 29.5 Å². The molecule has 1 heterocycles. The minimum atomic E-state index is -0.466. The Balaban J connectivity index is 1.72. The van der Waals surface area contributed by atoms with Crippen LogP contribution in [0.1, 0.15) is 20.8 Å². The highest BCUT2D eigenvalue weighted by Gasteiger charge is 2.26. The van der Waals surface area contributed by atoms with Gasteiger partial charge in [-0.05, 0) is 50.4 Å². The molecule has 0 atom stereocenters. The number of phenolic OH excluding ortho intramolecular Hbond substituents is 1. The molecule has 1 N–H and O–H groups in total. The van der Waals surface area contributed by atoms with Crippen LogP contribution < -0.4 is 4.90 Å². The highest BCUT2D eigenvalue weighted by molar-refractivity contribution is 5.95. The van der Waals surface area contributed by atoms with Crippen LogP contribution in [0, 0.1) is 0 Å². The number of ether oxygens (including phenoxy) is 1. The normalized spacial score (nSPS) is 15.6. The number of hydrogen-bond acceptors (Lipinski definition) is 4. The second-order valence-electron chi connectivity index (χ2n) is 7.14. The van der Waals surface area contributed by atoms with Crippen molar-refractivity contribution < 1.29 is 14.6 Å². The maximum Gasteiger partial charge on any atom is 0.410 e. The van der Waals surface area contributed by atoms with Crippen molar-refractivity contribution in [1.29, 1.82) is 0 Å². The summed E-state index contributed by atoms with van der Waals surface area (Å²) in [5.74, 6) is 0.273. The van der Waals surface area contributed by atoms with Crippen molar-refractivity contribution in [2.75, 3.05) is 31.1 Å². The molecule has 1 saturated heterocycles. The number of piperazine rings is 1. The second-order valence-corrected chi connectivity index (χ2v) is 7.14. The van der Waals surface area contributed by atoms with Crippen molar-refractivity contribution >= 4 is 22.6 Å². The van der Waals surface area contributed by atoms with Gasteiger partial charge in [0.1, 0.15) is 11.4 Å². The summed E-state index contributed by atoms with van der Waals surface area (Å²) in [6.07, 6.45) is -0.245. The van der Waals surface area contributed by atoms with Gasteiger partial charge in [0.25, 0.3) is 0 Å². The van der Waals surface area contributed by atoms with Crippen LogP contribution in [0.5, 0.6) is 5.75 Å². The molecule has 5 nitrogen and oxygen atoms in total. The number of hydrogen-bond donors (Lipinski definition) is 1. The predicted molar refractivity (Wildman–Crippen MR) is 95.6 cm³/mol. The first-order valence-corrected chi connectivity index (χ1v) is 8.28. The highest BCUT2D eigenvalue weighted by atomic mass is 16.6. The van der Waals surface area contributed by atoms with Gasteiger partial charge in [-0.15, -0.1) is 0 Å². The number of carbonyl (C=O) groups is 1. The lowest BCUT2D eigenvalue weighted by Gasteiger charge is -2.37. The average Bonchev–Trinajstić information content (AvgIpc) is 2.52. The molecule has 0 unspecified atom stereocenters. The third kappa shape index (κ3) is 3.55. The molecular weight excluding hydrogens is 304 g/mol. The number of nitrogens with zero attached hydrogens (tertiary/aromatic N) is 2. The molecule has 0 spiro atoms. The van der Waals surface area contributed by atoms with Crippen LogP contribution in [-0.4, -0.2) is 47.9 Å². The standard InChI is InChI=1S/C19H24N2O3/c1-19(2,3)24-18(23)21-11-9-20(10-12-21)17-6-4-5-14-13-15(22)7-8-16(14)17/h4-8,13,22H,9-12H2,1-3H3. The Kier molecular flexibility index (Phi) is 4.26. The quantitative estimate of drug-likeness (QED) is 0.869. The van der Waals surface area contributed by atoms with Gasteiger partial charge in [0.15, 0.2) is 0 Å². The molecule has 0 saturated carbocycles. The Bertz CT molecular complexity index is 744. The van der Waals surface area contributed by atoms with Crippen LogP contribution in [0.4, 0.5) is 10.5 Å². The van der Waals surface area contributed by atoms with E-state index in [2.05, 4.69) is 11.0 Å². The van der Waals surface area contributed by atoms with Crippen LogP contribution in [0.3, 0.4) is 0 Å². The summed E-state index contributed by atoms with van der Waals surface area (Å²) in [7, 11) is 0. The van der Waals surface area contributed by atoms with Crippen molar-refractivity contribution in [3.63, 3.8) is 0 Å². The van der Waals surface area contributed by atoms with Gasteiger partial charge in [-0.25, -0.2) is 4.79 Å². The molecule has 1 fully saturated rings. The molecule has 0 aliphatic carbocycles. The first-order valence-electron chi connectivity index (χ1n) is 8.28. The summed E-state index contributed by atoms with van der Waals surface area (Å²) < 4.78 is 5.44. The van der Waals surface area contributed by atoms with E-state index in [1.807, 2.05) is 39.0 Å². The average molecular weight is 328 g/mol. The summed E-state index contributed by atoms with van der Waals surface area (Å²) in [6, 6.07) is 11.5. The molecule has 0 radical (unpaired) electrons. The van der Waals surface area contributed by atoms with E-state index in [-0.39, 0.29) is 11.8 Å². The van der Waals surface area contributed by atoms with Gasteiger partial charge in [0.2, 0.25) is 0 Å². The zero-order chi connectivity index (χ0) is 17.3. The molecule has 1 amide bonds. The van der Waals surface area contributed by atoms with Crippen LogP contribution in [0.2, 0.25) is 0 Å². The number of aromatic hydroxyl groups is 1. The van der Waals surface area contributed by atoms with E-state index in [1.165, 1.54) is 0 Å². The van der Waals surface area contributed by atoms with E-state index in [1.54, 1.807) is 17.0 Å². The van der Waals surface area contributed by atoms with Gasteiger partial charge in [-0.2, -0.15) is 0 Å². The number of fused-ring (bicyclic) bond motifs is 1. The number of anilines is 1. The van der Waals surface area contributed by atoms with Crippen molar-refractivity contribution in [2.24, 2.45) is 0 Å². The molecule has 0 aromatic heterocycles. The summed E-state index contributed by atoms with van der Waals surface area (Å²) in [5, 5.41) is 11.8. The minimum Gasteiger partial charge on any atom is -0.508 e. The van der Waals surface area contributed by atoms with Gasteiger partial charge in [0.05, 0.1) is 0 Å². The Morgan fingerprint density at radius 1 is 1.08 bits per heavy atom. The van der Waals surface area contributed by atoms with E-state index in [4.69, 9.17) is 4.74 Å². The van der Waals surface area contributed by atoms with E-state index in [0.29, 0.717) is 13.1 Å². The molecule has 1 aliphatic heterocycles. The second kappa shape index (κ2) is 6.23. The fourth-order valence-corrected chi connectivity index (χ4v) is 2.99. The van der Waals surface area contributed by atoms with E-state index < -0.39 is 5.60 Å². The topological polar surface area (TPSA) is 53.0 Å². The SMILES string of the molecule is CC(C)(C)OC(=O)N1CCN(c2cccc3cc(O)ccc23)CC1. The number of rotatable bonds is 1. The Hall–Kier alpha value is -2.43. The van der Waals surface area contributed by atoms with E-state index in [9.17, 15) is 9.90 Å². The fourth-order valence-electron chi connectivity index (χ4n) is 2.99. The number of phenols is 1. The molecule has 128 valence electrons. The Morgan fingerprint density at radius 2 is 1.79 bits per heavy atom. The summed E-state index contributed by atoms with van der Waals surface area (Å²) >= 11 is 0. The van der Waals surface area contributed by atoms with Crippen molar-refractivity contribution in [2.45, 2.75) is 26.4 Å². The third-order valence-electron chi connectivity index (χ3n) is 4.11. The number of amides is 1. The summed E-state index contributed by atoms with van der Waals surface area (Å²) in [4.78, 5) is 16.2. The monoisotopic (exact) mass is 328 g/mol. The Morgan fingerprint density at radius 3 is 2.46 bits per heavy atom. The molecule has 1 aliphatic rings. The van der Waals surface area contributed by atoms with Gasteiger partial charge in [-0.3, -0.25) is 0 Å². The fraction of sp³-hybridized carbons (Fsp3) is 0.421. The van der Waals surface area contributed by atoms with Gasteiger partial charge >= 0.3 is 6.09 Å². The number of carbonyl (C=O) groups excluding carboxylic acids is 1. The minimum absolute atomic E-state index is 0.245. The molecule has 2 aromatic rings. The molecular formula is C19H24N2O3. The predicted octanol–water partition coefficient (Wildman–Crippen LogP) is 3.60. The zero-order valence-corrected chi connectivity index (χ0v) is 14.5. The lowest BCUT2D eigenvalue weighted by atomic mass is 10.1. The Labute approximate surface area is 142 Å². The first kappa shape index (κ1) is 16.4. The van der Waals surface area contributed by atoms with E-state index >= 15 is 0 Å². The molecule has 5 heteroatoms. The van der Waals surface area contributed by atoms with Gasteiger partial charge < -0.3 is 19.6 Å². The van der Waals surface area contributed by atoms with Crippen molar-refractivity contribution in [3.8, 4) is 5.75 Å². The lowest BCUT2D eigenvalue weighted by Crippen LogP contribution is -2.50. The highest BCUT2D eigenvalue weighted by Crippen LogP contribution is 2.30. The molecule has 0 bridgehead atoms. The number of benzene rings is 2. The molecule has 24 heavy (non-hydrogen) atoms. The van der Waals surface area contributed by atoms with Gasteiger partial charge in [0, 0.05) is 37.3 Å². The largest absolute Gasteiger partial charge is 0.508 e.